The molecule has 0 aromatic carbocycles. The van der Waals surface area contributed by atoms with E-state index >= 15 is 0 Å². The summed E-state index contributed by atoms with van der Waals surface area (Å²) in [5.74, 6) is 1.71. The molecule has 3 heterocycles. The Balaban J connectivity index is 1.62. The number of rotatable bonds is 5. The van der Waals surface area contributed by atoms with Crippen molar-refractivity contribution in [2.75, 3.05) is 7.05 Å². The van der Waals surface area contributed by atoms with Gasteiger partial charge in [0.05, 0.1) is 0 Å². The molecule has 0 saturated carbocycles. The number of aryl methyl sites for hydroxylation is 1. The lowest BCUT2D eigenvalue weighted by atomic mass is 9.84. The van der Waals surface area contributed by atoms with Crippen LogP contribution in [0.25, 0.3) is 0 Å². The molecule has 2 saturated heterocycles. The molecule has 0 radical (unpaired) electrons. The van der Waals surface area contributed by atoms with E-state index in [0.29, 0.717) is 5.92 Å². The topological polar surface area (TPSA) is 60.0 Å². The minimum atomic E-state index is 0.228. The summed E-state index contributed by atoms with van der Waals surface area (Å²) >= 11 is 0. The second-order valence-electron chi connectivity index (χ2n) is 6.55. The van der Waals surface area contributed by atoms with Gasteiger partial charge in [0, 0.05) is 31.1 Å². The number of fused-ring (bicyclic) bond motifs is 2. The zero-order valence-corrected chi connectivity index (χ0v) is 12.7. The van der Waals surface area contributed by atoms with E-state index in [4.69, 9.17) is 5.73 Å². The van der Waals surface area contributed by atoms with Crippen molar-refractivity contribution >= 4 is 0 Å². The smallest absolute Gasteiger partial charge is 0.138 e. The van der Waals surface area contributed by atoms with Crippen LogP contribution in [0.4, 0.5) is 0 Å². The van der Waals surface area contributed by atoms with Gasteiger partial charge in [0.15, 0.2) is 0 Å². The summed E-state index contributed by atoms with van der Waals surface area (Å²) in [6, 6.07) is 1.75. The molecule has 2 aliphatic rings. The van der Waals surface area contributed by atoms with E-state index in [1.165, 1.54) is 25.7 Å². The maximum absolute atomic E-state index is 6.50. The van der Waals surface area contributed by atoms with Crippen LogP contribution < -0.4 is 5.73 Å². The first kappa shape index (κ1) is 14.0. The Labute approximate surface area is 121 Å². The molecule has 5 nitrogen and oxygen atoms in total. The lowest BCUT2D eigenvalue weighted by Crippen LogP contribution is -2.46. The summed E-state index contributed by atoms with van der Waals surface area (Å²) in [4.78, 5) is 6.97. The molecule has 3 atom stereocenters. The standard InChI is InChI=1S/C15H27N5/c1-3-6-20-15(17-10-18-20)9-14(16)11-7-12-4-5-13(8-11)19(12)2/h10-14H,3-9,16H2,1-2H3. The second kappa shape index (κ2) is 5.82. The molecule has 2 aliphatic heterocycles. The van der Waals surface area contributed by atoms with Crippen LogP contribution in [-0.2, 0) is 13.0 Å². The molecule has 2 N–H and O–H groups in total. The number of hydrogen-bond acceptors (Lipinski definition) is 4. The summed E-state index contributed by atoms with van der Waals surface area (Å²) in [5.41, 5.74) is 6.50. The molecule has 0 amide bonds. The average Bonchev–Trinajstić information content (AvgIpc) is 2.91. The summed E-state index contributed by atoms with van der Waals surface area (Å²) in [7, 11) is 2.28. The highest BCUT2D eigenvalue weighted by Crippen LogP contribution is 2.38. The van der Waals surface area contributed by atoms with Crippen LogP contribution in [-0.4, -0.2) is 44.8 Å². The van der Waals surface area contributed by atoms with Crippen molar-refractivity contribution in [3.63, 3.8) is 0 Å². The van der Waals surface area contributed by atoms with Crippen molar-refractivity contribution in [3.8, 4) is 0 Å². The molecule has 0 aliphatic carbocycles. The van der Waals surface area contributed by atoms with Gasteiger partial charge in [-0.1, -0.05) is 6.92 Å². The molecule has 20 heavy (non-hydrogen) atoms. The Morgan fingerprint density at radius 1 is 1.35 bits per heavy atom. The first-order valence-electron chi connectivity index (χ1n) is 8.03. The molecule has 2 bridgehead atoms. The number of hydrogen-bond donors (Lipinski definition) is 1. The minimum absolute atomic E-state index is 0.228. The van der Waals surface area contributed by atoms with Crippen molar-refractivity contribution < 1.29 is 0 Å². The predicted octanol–water partition coefficient (Wildman–Crippen LogP) is 1.43. The van der Waals surface area contributed by atoms with E-state index in [1.54, 1.807) is 6.33 Å². The monoisotopic (exact) mass is 277 g/mol. The molecule has 0 spiro atoms. The van der Waals surface area contributed by atoms with Crippen LogP contribution in [0.15, 0.2) is 6.33 Å². The van der Waals surface area contributed by atoms with Crippen LogP contribution in [0.5, 0.6) is 0 Å². The van der Waals surface area contributed by atoms with E-state index < -0.39 is 0 Å². The van der Waals surface area contributed by atoms with E-state index in [9.17, 15) is 0 Å². The molecular weight excluding hydrogens is 250 g/mol. The lowest BCUT2D eigenvalue weighted by molar-refractivity contribution is 0.120. The van der Waals surface area contributed by atoms with E-state index in [2.05, 4.69) is 29.0 Å². The van der Waals surface area contributed by atoms with Gasteiger partial charge in [-0.25, -0.2) is 4.98 Å². The molecule has 1 aromatic heterocycles. The largest absolute Gasteiger partial charge is 0.327 e. The Morgan fingerprint density at radius 3 is 2.70 bits per heavy atom. The predicted molar refractivity (Wildman–Crippen MR) is 79.3 cm³/mol. The molecule has 112 valence electrons. The van der Waals surface area contributed by atoms with Crippen molar-refractivity contribution in [1.29, 1.82) is 0 Å². The normalized spacial score (nSPS) is 31.6. The van der Waals surface area contributed by atoms with Crippen molar-refractivity contribution in [2.24, 2.45) is 11.7 Å². The van der Waals surface area contributed by atoms with Gasteiger partial charge in [-0.3, -0.25) is 4.68 Å². The molecule has 2 fully saturated rings. The summed E-state index contributed by atoms with van der Waals surface area (Å²) < 4.78 is 2.02. The van der Waals surface area contributed by atoms with Gasteiger partial charge in [0.2, 0.25) is 0 Å². The van der Waals surface area contributed by atoms with E-state index in [-0.39, 0.29) is 6.04 Å². The van der Waals surface area contributed by atoms with Crippen molar-refractivity contribution in [3.05, 3.63) is 12.2 Å². The summed E-state index contributed by atoms with van der Waals surface area (Å²) in [6.07, 6.45) is 8.85. The van der Waals surface area contributed by atoms with Gasteiger partial charge in [-0.2, -0.15) is 5.10 Å². The first-order valence-corrected chi connectivity index (χ1v) is 8.03. The van der Waals surface area contributed by atoms with Crippen molar-refractivity contribution in [2.45, 2.75) is 70.1 Å². The van der Waals surface area contributed by atoms with Crippen LogP contribution in [0, 0.1) is 5.92 Å². The van der Waals surface area contributed by atoms with Gasteiger partial charge in [0.25, 0.3) is 0 Å². The third-order valence-electron chi connectivity index (χ3n) is 5.29. The quantitative estimate of drug-likeness (QED) is 0.884. The van der Waals surface area contributed by atoms with Gasteiger partial charge in [0.1, 0.15) is 12.2 Å². The highest BCUT2D eigenvalue weighted by atomic mass is 15.3. The molecule has 3 rings (SSSR count). The number of nitrogens with zero attached hydrogens (tertiary/aromatic N) is 4. The van der Waals surface area contributed by atoms with Gasteiger partial charge in [-0.15, -0.1) is 0 Å². The van der Waals surface area contributed by atoms with Crippen LogP contribution in [0.2, 0.25) is 0 Å². The van der Waals surface area contributed by atoms with Crippen molar-refractivity contribution in [1.82, 2.24) is 19.7 Å². The average molecular weight is 277 g/mol. The zero-order valence-electron chi connectivity index (χ0n) is 12.7. The number of piperidine rings is 1. The Kier molecular flexibility index (Phi) is 4.08. The SMILES string of the molecule is CCCn1ncnc1CC(N)C1CC2CCC(C1)N2C. The van der Waals surface area contributed by atoms with Crippen LogP contribution in [0.3, 0.4) is 0 Å². The van der Waals surface area contributed by atoms with Crippen LogP contribution >= 0.6 is 0 Å². The van der Waals surface area contributed by atoms with Crippen LogP contribution in [0.1, 0.15) is 44.9 Å². The Bertz CT molecular complexity index is 429. The summed E-state index contributed by atoms with van der Waals surface area (Å²) in [5, 5.41) is 4.30. The molecule has 3 unspecified atom stereocenters. The molecule has 1 aromatic rings. The lowest BCUT2D eigenvalue weighted by Gasteiger charge is -2.38. The zero-order chi connectivity index (χ0) is 14.1. The highest BCUT2D eigenvalue weighted by molar-refractivity contribution is 4.99. The Hall–Kier alpha value is -0.940. The maximum atomic E-state index is 6.50. The van der Waals surface area contributed by atoms with Gasteiger partial charge in [-0.05, 0) is 45.1 Å². The second-order valence-corrected chi connectivity index (χ2v) is 6.55. The fourth-order valence-corrected chi connectivity index (χ4v) is 4.03. The maximum Gasteiger partial charge on any atom is 0.138 e. The third kappa shape index (κ3) is 2.61. The van der Waals surface area contributed by atoms with Gasteiger partial charge < -0.3 is 10.6 Å². The van der Waals surface area contributed by atoms with E-state index in [1.807, 2.05) is 4.68 Å². The number of nitrogens with two attached hydrogens (primary N) is 1. The first-order chi connectivity index (χ1) is 9.69. The molecular formula is C15H27N5. The third-order valence-corrected chi connectivity index (χ3v) is 5.29. The van der Waals surface area contributed by atoms with Gasteiger partial charge >= 0.3 is 0 Å². The molecule has 5 heteroatoms. The fraction of sp³-hybridized carbons (Fsp3) is 0.867. The van der Waals surface area contributed by atoms with E-state index in [0.717, 1.165) is 37.3 Å². The highest BCUT2D eigenvalue weighted by Gasteiger charge is 2.40. The summed E-state index contributed by atoms with van der Waals surface area (Å²) in [6.45, 7) is 3.11. The Morgan fingerprint density at radius 2 is 2.05 bits per heavy atom. The number of aromatic nitrogens is 3. The fourth-order valence-electron chi connectivity index (χ4n) is 4.03. The minimum Gasteiger partial charge on any atom is -0.327 e.